The first-order chi connectivity index (χ1) is 36.7. The van der Waals surface area contributed by atoms with E-state index in [1.54, 1.807) is 54.1 Å². The predicted octanol–water partition coefficient (Wildman–Crippen LogP) is 14.9. The van der Waals surface area contributed by atoms with Gasteiger partial charge in [-0.3, -0.25) is 0 Å². The van der Waals surface area contributed by atoms with Crippen molar-refractivity contribution >= 4 is 95.4 Å². The summed E-state index contributed by atoms with van der Waals surface area (Å²) in [7, 11) is -14.8. The van der Waals surface area contributed by atoms with Gasteiger partial charge in [0.2, 0.25) is 0 Å². The number of hydrogen-bond acceptors (Lipinski definition) is 3. The smallest absolute Gasteiger partial charge is 0.418 e. The largest absolute Gasteiger partial charge is 2.00 e. The molecule has 6 aromatic rings. The Bertz CT molecular complexity index is 2560. The molecule has 0 spiro atoms. The third kappa shape index (κ3) is 21.9. The van der Waals surface area contributed by atoms with Gasteiger partial charge in [-0.15, -0.1) is 0 Å². The first kappa shape index (κ1) is 69.1. The van der Waals surface area contributed by atoms with Crippen LogP contribution in [0.1, 0.15) is 82.1 Å². The molecular weight excluding hydrogens is 1270 g/mol. The topological polar surface area (TPSA) is 51.2 Å². The normalized spacial score (nSPS) is 21.1. The van der Waals surface area contributed by atoms with Gasteiger partial charge in [-0.2, -0.15) is 0 Å². The number of ketones is 3. The zero-order chi connectivity index (χ0) is 57.9. The molecule has 3 nitrogen and oxygen atoms in total. The van der Waals surface area contributed by atoms with E-state index in [-0.39, 0.29) is 38.4 Å². The molecule has 0 radical (unpaired) electrons. The third-order valence-electron chi connectivity index (χ3n) is 13.7. The van der Waals surface area contributed by atoms with Crippen molar-refractivity contribution in [3.8, 4) is 0 Å². The Morgan fingerprint density at radius 2 is 0.544 bits per heavy atom. The van der Waals surface area contributed by atoms with Crippen LogP contribution in [0.2, 0.25) is 0 Å². The molecule has 4 aliphatic rings. The average Bonchev–Trinajstić information content (AvgIpc) is 4.23. The summed E-state index contributed by atoms with van der Waals surface area (Å²) in [5.74, 6) is 0.500. The van der Waals surface area contributed by atoms with E-state index in [0.717, 1.165) is 34.0 Å². The fraction of sp³-hybridized carbons (Fsp3) is 0.295. The standard InChI is InChI=1S/2C26H26P2.3C3H6O.2BF4.Pt/c2*1-19-20(2)26-25(18-24(19)28(26)23-16-10-5-11-17-23)27(21-12-6-3-7-13-21)22-14-8-4-9-15-22;3*1-3(2)4;2*2-1(3,4)5;/h2*3-17,24-26H,18H2,1-2H3;3*1-2H3;;;/q;;;;;2*-1;+2/p+4/t2*24-,25+,26-,28?;;;;;;/m00....../s1. The van der Waals surface area contributed by atoms with Crippen molar-refractivity contribution in [2.75, 3.05) is 0 Å². The van der Waals surface area contributed by atoms with Gasteiger partial charge in [-0.25, -0.2) is 0 Å². The van der Waals surface area contributed by atoms with Gasteiger partial charge < -0.3 is 48.9 Å². The summed E-state index contributed by atoms with van der Waals surface area (Å²) in [5.41, 5.74) is 11.7. The van der Waals surface area contributed by atoms with Crippen molar-refractivity contribution in [2.24, 2.45) is 0 Å². The summed E-state index contributed by atoms with van der Waals surface area (Å²) in [6, 6.07) is 68.4. The van der Waals surface area contributed by atoms with E-state index >= 15 is 0 Å². The van der Waals surface area contributed by atoms with Gasteiger partial charge in [0.05, 0.1) is 74.8 Å². The van der Waals surface area contributed by atoms with Gasteiger partial charge in [0.1, 0.15) is 40.0 Å². The van der Waals surface area contributed by atoms with Crippen LogP contribution in [0.3, 0.4) is 0 Å². The Morgan fingerprint density at radius 3 is 0.734 bits per heavy atom. The SMILES string of the molecule is CC(C)=O.CC(C)=O.CC(C)=O.CC1=C(C)[C@H]2[C@H]([PH+](c3ccccc3)c3ccccc3)C[C@@H]1[PH+]2c1ccccc1.CC1=C(C)[C@H]2[C@H]([PH+](c3ccccc3)c3ccccc3)C[C@@H]1[PH+]2c1ccccc1.F[B-](F)(F)F.F[B-](F)(F)F.[Pt+2]. The van der Waals surface area contributed by atoms with Gasteiger partial charge >= 0.3 is 35.6 Å². The fourth-order valence-corrected chi connectivity index (χ4v) is 28.8. The van der Waals surface area contributed by atoms with Crippen molar-refractivity contribution in [1.29, 1.82) is 0 Å². The molecular formula is C61H74B2F8O3P4Pt+4. The summed E-state index contributed by atoms with van der Waals surface area (Å²) in [6.07, 6.45) is 2.77. The molecule has 0 aliphatic carbocycles. The molecule has 6 aromatic carbocycles. The van der Waals surface area contributed by atoms with E-state index in [9.17, 15) is 48.9 Å². The van der Waals surface area contributed by atoms with E-state index in [1.165, 1.54) is 54.4 Å². The minimum absolute atomic E-state index is 0. The van der Waals surface area contributed by atoms with Gasteiger partial charge in [0.25, 0.3) is 0 Å². The van der Waals surface area contributed by atoms with Crippen LogP contribution in [0.4, 0.5) is 34.5 Å². The number of fused-ring (bicyclic) bond motifs is 4. The zero-order valence-corrected chi connectivity index (χ0v) is 52.7. The minimum Gasteiger partial charge on any atom is -0.418 e. The molecule has 4 heterocycles. The molecule has 0 N–H and O–H groups in total. The van der Waals surface area contributed by atoms with Crippen LogP contribution in [0.25, 0.3) is 0 Å². The summed E-state index contributed by atoms with van der Waals surface area (Å²) in [6.45, 7) is 18.9. The quantitative estimate of drug-likeness (QED) is 0.0660. The van der Waals surface area contributed by atoms with E-state index in [2.05, 4.69) is 210 Å². The summed E-state index contributed by atoms with van der Waals surface area (Å²) < 4.78 is 78.0. The van der Waals surface area contributed by atoms with Gasteiger partial charge in [-0.1, -0.05) is 109 Å². The molecule has 0 aromatic heterocycles. The second-order valence-corrected chi connectivity index (χ2v) is 31.2. The maximum absolute atomic E-state index is 9.75. The monoisotopic (exact) mass is 1350 g/mol. The van der Waals surface area contributed by atoms with Gasteiger partial charge in [0, 0.05) is 12.8 Å². The molecule has 0 amide bonds. The molecule has 79 heavy (non-hydrogen) atoms. The van der Waals surface area contributed by atoms with Gasteiger partial charge in [0.15, 0.2) is 0 Å². The third-order valence-corrected chi connectivity index (χ3v) is 28.7. The number of Topliss-reactive ketones (excluding diaryl/α,β-unsaturated/α-hetero) is 3. The van der Waals surface area contributed by atoms with Crippen molar-refractivity contribution in [1.82, 2.24) is 0 Å². The predicted molar refractivity (Wildman–Crippen MR) is 328 cm³/mol. The Balaban J connectivity index is 0.000000300. The van der Waals surface area contributed by atoms with Crippen molar-refractivity contribution < 1.29 is 70.0 Å². The summed E-state index contributed by atoms with van der Waals surface area (Å²) in [5, 5.41) is 9.60. The number of carbonyl (C=O) groups is 3. The van der Waals surface area contributed by atoms with Crippen molar-refractivity contribution in [2.45, 2.75) is 116 Å². The molecule has 2 saturated heterocycles. The molecule has 0 saturated carbocycles. The van der Waals surface area contributed by atoms with E-state index in [4.69, 9.17) is 0 Å². The Labute approximate surface area is 482 Å². The van der Waals surface area contributed by atoms with Crippen molar-refractivity contribution in [3.05, 3.63) is 204 Å². The molecule has 4 bridgehead atoms. The number of allylic oxidation sites excluding steroid dienone is 4. The van der Waals surface area contributed by atoms with E-state index in [1.807, 2.05) is 0 Å². The summed E-state index contributed by atoms with van der Waals surface area (Å²) >= 11 is 0. The van der Waals surface area contributed by atoms with Gasteiger partial charge in [-0.05, 0) is 164 Å². The Kier molecular flexibility index (Phi) is 28.9. The van der Waals surface area contributed by atoms with Crippen molar-refractivity contribution in [3.63, 3.8) is 0 Å². The van der Waals surface area contributed by atoms with Crippen LogP contribution in [-0.4, -0.2) is 65.8 Å². The van der Waals surface area contributed by atoms with Crippen LogP contribution >= 0.6 is 31.7 Å². The maximum Gasteiger partial charge on any atom is 2.00 e. The van der Waals surface area contributed by atoms with Crippen LogP contribution in [0.5, 0.6) is 0 Å². The number of halogens is 8. The van der Waals surface area contributed by atoms with E-state index in [0.29, 0.717) is 0 Å². The first-order valence-corrected chi connectivity index (χ1v) is 32.5. The fourth-order valence-electron chi connectivity index (χ4n) is 11.1. The minimum atomic E-state index is -6.00. The molecule has 8 atom stereocenters. The number of rotatable bonds is 8. The first-order valence-electron chi connectivity index (χ1n) is 26.0. The second-order valence-electron chi connectivity index (χ2n) is 20.1. The molecule has 2 unspecified atom stereocenters. The molecule has 4 aliphatic heterocycles. The molecule has 10 rings (SSSR count). The van der Waals surface area contributed by atoms with Crippen LogP contribution in [0.15, 0.2) is 204 Å². The molecule has 18 heteroatoms. The zero-order valence-electron chi connectivity index (χ0n) is 46.4. The molecule has 424 valence electrons. The van der Waals surface area contributed by atoms with Crippen LogP contribution < -0.4 is 31.8 Å². The number of carbonyl (C=O) groups excluding carboxylic acids is 3. The number of hydrogen-bond donors (Lipinski definition) is 0. The second kappa shape index (κ2) is 33.0. The summed E-state index contributed by atoms with van der Waals surface area (Å²) in [4.78, 5) is 28.3. The Morgan fingerprint density at radius 1 is 0.367 bits per heavy atom. The Hall–Kier alpha value is -4.21. The van der Waals surface area contributed by atoms with Crippen LogP contribution in [-0.2, 0) is 35.4 Å². The molecule has 2 fully saturated rings. The average molecular weight is 1350 g/mol. The number of benzene rings is 6. The maximum atomic E-state index is 9.75. The van der Waals surface area contributed by atoms with E-state index < -0.39 is 46.2 Å². The van der Waals surface area contributed by atoms with Crippen LogP contribution in [0, 0.1) is 0 Å².